The van der Waals surface area contributed by atoms with E-state index in [1.165, 1.54) is 5.57 Å². The zero-order valence-electron chi connectivity index (χ0n) is 11.8. The van der Waals surface area contributed by atoms with Crippen LogP contribution in [-0.4, -0.2) is 21.2 Å². The molecule has 0 aromatic heterocycles. The van der Waals surface area contributed by atoms with Crippen LogP contribution in [-0.2, 0) is 9.16 Å². The number of ether oxygens (including phenoxy) is 1. The molecule has 2 nitrogen and oxygen atoms in total. The average molecular weight is 244 g/mol. The summed E-state index contributed by atoms with van der Waals surface area (Å²) in [6, 6.07) is 1.12. The Balaban J connectivity index is 4.54. The smallest absolute Gasteiger partial charge is 0.190 e. The van der Waals surface area contributed by atoms with Crippen LogP contribution in [0, 0.1) is 0 Å². The molecule has 0 spiro atoms. The summed E-state index contributed by atoms with van der Waals surface area (Å²) in [5.74, 6) is 0. The summed E-state index contributed by atoms with van der Waals surface area (Å²) in [4.78, 5) is 0. The lowest BCUT2D eigenvalue weighted by molar-refractivity contribution is -0.0612. The van der Waals surface area contributed by atoms with Gasteiger partial charge in [-0.15, -0.1) is 0 Å². The summed E-state index contributed by atoms with van der Waals surface area (Å²) < 4.78 is 12.0. The van der Waals surface area contributed by atoms with Crippen molar-refractivity contribution in [2.24, 2.45) is 0 Å². The van der Waals surface area contributed by atoms with E-state index in [1.54, 1.807) is 0 Å². The number of rotatable bonds is 8. The van der Waals surface area contributed by atoms with Crippen molar-refractivity contribution in [3.05, 3.63) is 11.6 Å². The maximum Gasteiger partial charge on any atom is 0.190 e. The van der Waals surface area contributed by atoms with E-state index in [0.717, 1.165) is 25.5 Å². The molecule has 0 amide bonds. The molecule has 1 atom stereocenters. The van der Waals surface area contributed by atoms with Gasteiger partial charge in [0, 0.05) is 6.61 Å². The van der Waals surface area contributed by atoms with Crippen LogP contribution in [0.5, 0.6) is 0 Å². The molecule has 96 valence electrons. The number of hydrogen-bond acceptors (Lipinski definition) is 2. The lowest BCUT2D eigenvalue weighted by atomic mass is 10.2. The van der Waals surface area contributed by atoms with Gasteiger partial charge < -0.3 is 9.16 Å². The molecule has 0 aliphatic carbocycles. The molecule has 0 heterocycles. The second-order valence-electron chi connectivity index (χ2n) is 4.65. The maximum absolute atomic E-state index is 6.18. The van der Waals surface area contributed by atoms with E-state index in [1.807, 2.05) is 0 Å². The summed E-state index contributed by atoms with van der Waals surface area (Å²) in [6.45, 7) is 13.8. The monoisotopic (exact) mass is 244 g/mol. The molecule has 0 N–H and O–H groups in total. The second kappa shape index (κ2) is 8.04. The Hall–Kier alpha value is -0.123. The minimum atomic E-state index is -1.55. The third-order valence-electron chi connectivity index (χ3n) is 2.83. The van der Waals surface area contributed by atoms with Crippen molar-refractivity contribution in [2.45, 2.75) is 66.0 Å². The normalized spacial score (nSPS) is 15.2. The van der Waals surface area contributed by atoms with Crippen LogP contribution in [0.25, 0.3) is 0 Å². The predicted molar refractivity (Wildman–Crippen MR) is 73.1 cm³/mol. The summed E-state index contributed by atoms with van der Waals surface area (Å²) in [5, 5.41) is 0. The quantitative estimate of drug-likeness (QED) is 0.359. The highest BCUT2D eigenvalue weighted by atomic mass is 28.4. The highest BCUT2D eigenvalue weighted by Gasteiger charge is 2.26. The van der Waals surface area contributed by atoms with Crippen LogP contribution in [0.3, 0.4) is 0 Å². The lowest BCUT2D eigenvalue weighted by Gasteiger charge is -2.29. The van der Waals surface area contributed by atoms with Gasteiger partial charge in [-0.3, -0.25) is 0 Å². The molecule has 0 bridgehead atoms. The van der Waals surface area contributed by atoms with Crippen molar-refractivity contribution >= 4 is 8.32 Å². The molecule has 0 rings (SSSR count). The molecule has 0 aliphatic rings. The second-order valence-corrected chi connectivity index (χ2v) is 9.11. The molecule has 0 fully saturated rings. The zero-order chi connectivity index (χ0) is 12.6. The molecule has 0 aromatic rings. The molecule has 0 radical (unpaired) electrons. The Kier molecular flexibility index (Phi) is 7.98. The highest BCUT2D eigenvalue weighted by molar-refractivity contribution is 6.71. The van der Waals surface area contributed by atoms with Gasteiger partial charge in [-0.1, -0.05) is 26.8 Å². The fourth-order valence-electron chi connectivity index (χ4n) is 1.32. The Morgan fingerprint density at radius 2 is 1.88 bits per heavy atom. The fourth-order valence-corrected chi connectivity index (χ4v) is 2.29. The van der Waals surface area contributed by atoms with Gasteiger partial charge in [0.25, 0.3) is 0 Å². The van der Waals surface area contributed by atoms with Crippen molar-refractivity contribution in [3.8, 4) is 0 Å². The SMILES string of the molecule is CC=C(CC)C(OCCC)O[Si](C)(C)CC. The average Bonchev–Trinajstić information content (AvgIpc) is 2.27. The van der Waals surface area contributed by atoms with Gasteiger partial charge in [-0.05, 0) is 44.5 Å². The van der Waals surface area contributed by atoms with Gasteiger partial charge in [0.05, 0.1) is 0 Å². The summed E-state index contributed by atoms with van der Waals surface area (Å²) in [6.07, 6.45) is 4.05. The van der Waals surface area contributed by atoms with Gasteiger partial charge in [0.15, 0.2) is 14.6 Å². The van der Waals surface area contributed by atoms with E-state index >= 15 is 0 Å². The summed E-state index contributed by atoms with van der Waals surface area (Å²) >= 11 is 0. The van der Waals surface area contributed by atoms with Crippen molar-refractivity contribution in [1.82, 2.24) is 0 Å². The molecular weight excluding hydrogens is 216 g/mol. The molecule has 0 saturated heterocycles. The van der Waals surface area contributed by atoms with Crippen LogP contribution < -0.4 is 0 Å². The van der Waals surface area contributed by atoms with E-state index in [9.17, 15) is 0 Å². The van der Waals surface area contributed by atoms with Crippen molar-refractivity contribution in [1.29, 1.82) is 0 Å². The fraction of sp³-hybridized carbons (Fsp3) is 0.846. The molecule has 0 aromatic carbocycles. The number of allylic oxidation sites excluding steroid dienone is 1. The first-order valence-corrected chi connectivity index (χ1v) is 9.56. The van der Waals surface area contributed by atoms with Crippen LogP contribution >= 0.6 is 0 Å². The maximum atomic E-state index is 6.18. The van der Waals surface area contributed by atoms with Gasteiger partial charge in [-0.25, -0.2) is 0 Å². The third-order valence-corrected chi connectivity index (χ3v) is 5.39. The van der Waals surface area contributed by atoms with E-state index < -0.39 is 8.32 Å². The molecular formula is C13H28O2Si. The zero-order valence-corrected chi connectivity index (χ0v) is 12.8. The van der Waals surface area contributed by atoms with Gasteiger partial charge in [0.1, 0.15) is 0 Å². The van der Waals surface area contributed by atoms with E-state index in [0.29, 0.717) is 0 Å². The standard InChI is InChI=1S/C13H28O2Si/c1-7-11-14-13(12(8-2)9-3)15-16(5,6)10-4/h8,13H,7,9-11H2,1-6H3. The highest BCUT2D eigenvalue weighted by Crippen LogP contribution is 2.20. The minimum absolute atomic E-state index is 0.114. The van der Waals surface area contributed by atoms with Crippen molar-refractivity contribution in [2.75, 3.05) is 6.61 Å². The Morgan fingerprint density at radius 1 is 1.25 bits per heavy atom. The predicted octanol–water partition coefficient (Wildman–Crippen LogP) is 4.34. The van der Waals surface area contributed by atoms with Crippen LogP contribution in [0.4, 0.5) is 0 Å². The van der Waals surface area contributed by atoms with E-state index in [-0.39, 0.29) is 6.29 Å². The van der Waals surface area contributed by atoms with Crippen LogP contribution in [0.2, 0.25) is 19.1 Å². The first-order valence-electron chi connectivity index (χ1n) is 6.45. The molecule has 3 heteroatoms. The largest absolute Gasteiger partial charge is 0.390 e. The Labute approximate surface area is 102 Å². The van der Waals surface area contributed by atoms with Crippen LogP contribution in [0.1, 0.15) is 40.5 Å². The topological polar surface area (TPSA) is 18.5 Å². The molecule has 0 saturated carbocycles. The van der Waals surface area contributed by atoms with Crippen molar-refractivity contribution < 1.29 is 9.16 Å². The summed E-state index contributed by atoms with van der Waals surface area (Å²) in [5.41, 5.74) is 1.27. The van der Waals surface area contributed by atoms with Gasteiger partial charge >= 0.3 is 0 Å². The Bertz CT molecular complexity index is 212. The lowest BCUT2D eigenvalue weighted by Crippen LogP contribution is -2.37. The summed E-state index contributed by atoms with van der Waals surface area (Å²) in [7, 11) is -1.55. The van der Waals surface area contributed by atoms with E-state index in [2.05, 4.69) is 46.9 Å². The Morgan fingerprint density at radius 3 is 2.25 bits per heavy atom. The first kappa shape index (κ1) is 15.9. The van der Waals surface area contributed by atoms with Gasteiger partial charge in [0.2, 0.25) is 0 Å². The molecule has 1 unspecified atom stereocenters. The van der Waals surface area contributed by atoms with E-state index in [4.69, 9.17) is 9.16 Å². The first-order chi connectivity index (χ1) is 7.50. The van der Waals surface area contributed by atoms with Gasteiger partial charge in [-0.2, -0.15) is 0 Å². The molecule has 16 heavy (non-hydrogen) atoms. The van der Waals surface area contributed by atoms with Crippen LogP contribution in [0.15, 0.2) is 11.6 Å². The number of hydrogen-bond donors (Lipinski definition) is 0. The minimum Gasteiger partial charge on any atom is -0.390 e. The molecule has 0 aliphatic heterocycles. The third kappa shape index (κ3) is 5.82. The van der Waals surface area contributed by atoms with Crippen molar-refractivity contribution in [3.63, 3.8) is 0 Å².